The third-order valence-electron chi connectivity index (χ3n) is 4.40. The molecule has 2 N–H and O–H groups in total. The minimum Gasteiger partial charge on any atom is -0.369 e. The fourth-order valence-corrected chi connectivity index (χ4v) is 3.21. The summed E-state index contributed by atoms with van der Waals surface area (Å²) < 4.78 is 2.17. The van der Waals surface area contributed by atoms with E-state index in [2.05, 4.69) is 28.4 Å². The Morgan fingerprint density at radius 3 is 2.95 bits per heavy atom. The largest absolute Gasteiger partial charge is 0.369 e. The second-order valence-corrected chi connectivity index (χ2v) is 5.91. The van der Waals surface area contributed by atoms with Crippen molar-refractivity contribution >= 4 is 17.1 Å². The summed E-state index contributed by atoms with van der Waals surface area (Å²) in [6, 6.07) is 2.46. The standard InChI is InChI=1S/C15H22N4/c1-10-4-3-5-12(7-6-10)19-14-13(18-15(19)16)11(2)8-9-17-14/h8-10,12H,3-7H2,1-2H3,(H2,16,18). The first kappa shape index (κ1) is 12.5. The summed E-state index contributed by atoms with van der Waals surface area (Å²) in [5, 5.41) is 0. The molecule has 4 nitrogen and oxygen atoms in total. The third-order valence-corrected chi connectivity index (χ3v) is 4.40. The number of imidazole rings is 1. The predicted molar refractivity (Wildman–Crippen MR) is 78.0 cm³/mol. The van der Waals surface area contributed by atoms with Crippen molar-refractivity contribution in [2.75, 3.05) is 5.73 Å². The number of rotatable bonds is 1. The first-order valence-corrected chi connectivity index (χ1v) is 7.26. The third kappa shape index (κ3) is 2.20. The van der Waals surface area contributed by atoms with Gasteiger partial charge >= 0.3 is 0 Å². The first-order valence-electron chi connectivity index (χ1n) is 7.26. The lowest BCUT2D eigenvalue weighted by atomic mass is 10.0. The number of hydrogen-bond acceptors (Lipinski definition) is 3. The lowest BCUT2D eigenvalue weighted by Crippen LogP contribution is -2.12. The molecule has 1 saturated carbocycles. The summed E-state index contributed by atoms with van der Waals surface area (Å²) in [5.74, 6) is 1.45. The maximum absolute atomic E-state index is 6.15. The average Bonchev–Trinajstić information content (AvgIpc) is 2.57. The lowest BCUT2D eigenvalue weighted by Gasteiger charge is -2.18. The van der Waals surface area contributed by atoms with Crippen LogP contribution in [0, 0.1) is 12.8 Å². The molecular weight excluding hydrogens is 236 g/mol. The molecule has 3 rings (SSSR count). The van der Waals surface area contributed by atoms with Gasteiger partial charge in [0.05, 0.1) is 0 Å². The van der Waals surface area contributed by atoms with Crippen LogP contribution < -0.4 is 5.73 Å². The van der Waals surface area contributed by atoms with E-state index in [1.54, 1.807) is 0 Å². The number of aromatic nitrogens is 3. The van der Waals surface area contributed by atoms with E-state index in [1.165, 1.54) is 32.1 Å². The van der Waals surface area contributed by atoms with E-state index in [0.29, 0.717) is 12.0 Å². The number of nitrogen functional groups attached to an aromatic ring is 1. The molecule has 0 aromatic carbocycles. The number of aryl methyl sites for hydroxylation is 1. The molecule has 2 heterocycles. The molecule has 0 bridgehead atoms. The van der Waals surface area contributed by atoms with E-state index in [0.717, 1.165) is 22.6 Å². The van der Waals surface area contributed by atoms with Gasteiger partial charge in [0.2, 0.25) is 5.95 Å². The fraction of sp³-hybridized carbons (Fsp3) is 0.600. The lowest BCUT2D eigenvalue weighted by molar-refractivity contribution is 0.444. The zero-order chi connectivity index (χ0) is 13.4. The Morgan fingerprint density at radius 2 is 2.11 bits per heavy atom. The van der Waals surface area contributed by atoms with Crippen molar-refractivity contribution in [1.82, 2.24) is 14.5 Å². The van der Waals surface area contributed by atoms with Crippen molar-refractivity contribution in [2.24, 2.45) is 5.92 Å². The summed E-state index contributed by atoms with van der Waals surface area (Å²) in [4.78, 5) is 9.02. The Kier molecular flexibility index (Phi) is 3.17. The predicted octanol–water partition coefficient (Wildman–Crippen LogP) is 3.46. The fourth-order valence-electron chi connectivity index (χ4n) is 3.21. The highest BCUT2D eigenvalue weighted by atomic mass is 15.2. The average molecular weight is 258 g/mol. The van der Waals surface area contributed by atoms with Gasteiger partial charge in [-0.2, -0.15) is 0 Å². The molecule has 0 amide bonds. The van der Waals surface area contributed by atoms with Gasteiger partial charge in [0, 0.05) is 12.2 Å². The van der Waals surface area contributed by atoms with Crippen LogP contribution in [0.1, 0.15) is 50.6 Å². The van der Waals surface area contributed by atoms with Gasteiger partial charge in [-0.3, -0.25) is 4.57 Å². The minimum absolute atomic E-state index is 0.462. The van der Waals surface area contributed by atoms with Gasteiger partial charge < -0.3 is 5.73 Å². The van der Waals surface area contributed by atoms with Crippen LogP contribution in [0.5, 0.6) is 0 Å². The maximum Gasteiger partial charge on any atom is 0.202 e. The molecule has 2 aromatic rings. The highest BCUT2D eigenvalue weighted by Gasteiger charge is 2.22. The van der Waals surface area contributed by atoms with Gasteiger partial charge in [0.15, 0.2) is 5.65 Å². The molecule has 0 saturated heterocycles. The molecule has 4 heteroatoms. The van der Waals surface area contributed by atoms with E-state index in [1.807, 2.05) is 12.3 Å². The molecule has 1 aliphatic carbocycles. The van der Waals surface area contributed by atoms with Gasteiger partial charge in [-0.15, -0.1) is 0 Å². The number of anilines is 1. The normalized spacial score (nSPS) is 24.5. The van der Waals surface area contributed by atoms with E-state index in [9.17, 15) is 0 Å². The zero-order valence-electron chi connectivity index (χ0n) is 11.8. The molecular formula is C15H22N4. The molecule has 0 aliphatic heterocycles. The second kappa shape index (κ2) is 4.83. The van der Waals surface area contributed by atoms with Crippen LogP contribution in [0.15, 0.2) is 12.3 Å². The van der Waals surface area contributed by atoms with Crippen LogP contribution in [0.4, 0.5) is 5.95 Å². The molecule has 102 valence electrons. The van der Waals surface area contributed by atoms with Crippen molar-refractivity contribution in [3.05, 3.63) is 17.8 Å². The summed E-state index contributed by atoms with van der Waals surface area (Å²) in [7, 11) is 0. The van der Waals surface area contributed by atoms with Crippen LogP contribution in [0.3, 0.4) is 0 Å². The van der Waals surface area contributed by atoms with Crippen molar-refractivity contribution in [2.45, 2.75) is 52.0 Å². The molecule has 2 aromatic heterocycles. The van der Waals surface area contributed by atoms with Gasteiger partial charge in [0.1, 0.15) is 5.52 Å². The van der Waals surface area contributed by atoms with Gasteiger partial charge in [0.25, 0.3) is 0 Å². The number of pyridine rings is 1. The summed E-state index contributed by atoms with van der Waals surface area (Å²) in [6.45, 7) is 4.41. The Hall–Kier alpha value is -1.58. The summed E-state index contributed by atoms with van der Waals surface area (Å²) >= 11 is 0. The topological polar surface area (TPSA) is 56.7 Å². The minimum atomic E-state index is 0.462. The second-order valence-electron chi connectivity index (χ2n) is 5.91. The van der Waals surface area contributed by atoms with E-state index in [-0.39, 0.29) is 0 Å². The zero-order valence-corrected chi connectivity index (χ0v) is 11.8. The Morgan fingerprint density at radius 1 is 1.26 bits per heavy atom. The summed E-state index contributed by atoms with van der Waals surface area (Å²) in [6.07, 6.45) is 8.11. The van der Waals surface area contributed by atoms with Gasteiger partial charge in [-0.25, -0.2) is 9.97 Å². The van der Waals surface area contributed by atoms with Gasteiger partial charge in [-0.05, 0) is 43.7 Å². The number of nitrogens with zero attached hydrogens (tertiary/aromatic N) is 3. The van der Waals surface area contributed by atoms with Gasteiger partial charge in [-0.1, -0.05) is 19.8 Å². The van der Waals surface area contributed by atoms with Crippen molar-refractivity contribution < 1.29 is 0 Å². The Labute approximate surface area is 114 Å². The van der Waals surface area contributed by atoms with Crippen LogP contribution in [-0.4, -0.2) is 14.5 Å². The van der Waals surface area contributed by atoms with Crippen LogP contribution in [0.25, 0.3) is 11.2 Å². The van der Waals surface area contributed by atoms with E-state index in [4.69, 9.17) is 5.73 Å². The van der Waals surface area contributed by atoms with Crippen LogP contribution in [-0.2, 0) is 0 Å². The maximum atomic E-state index is 6.15. The molecule has 19 heavy (non-hydrogen) atoms. The number of hydrogen-bond donors (Lipinski definition) is 1. The summed E-state index contributed by atoms with van der Waals surface area (Å²) in [5.41, 5.74) is 9.21. The number of nitrogens with two attached hydrogens (primary N) is 1. The quantitative estimate of drug-likeness (QED) is 0.797. The number of fused-ring (bicyclic) bond motifs is 1. The van der Waals surface area contributed by atoms with E-state index < -0.39 is 0 Å². The molecule has 0 spiro atoms. The first-order chi connectivity index (χ1) is 9.16. The van der Waals surface area contributed by atoms with Crippen molar-refractivity contribution in [3.8, 4) is 0 Å². The Balaban J connectivity index is 2.04. The highest BCUT2D eigenvalue weighted by Crippen LogP contribution is 2.34. The molecule has 2 unspecified atom stereocenters. The highest BCUT2D eigenvalue weighted by molar-refractivity contribution is 5.77. The van der Waals surface area contributed by atoms with Crippen molar-refractivity contribution in [1.29, 1.82) is 0 Å². The SMILES string of the molecule is Cc1ccnc2c1nc(N)n2C1CCCC(C)CC1. The molecule has 1 aliphatic rings. The monoisotopic (exact) mass is 258 g/mol. The van der Waals surface area contributed by atoms with E-state index >= 15 is 0 Å². The molecule has 2 atom stereocenters. The molecule has 0 radical (unpaired) electrons. The van der Waals surface area contributed by atoms with Crippen LogP contribution in [0.2, 0.25) is 0 Å². The molecule has 1 fully saturated rings. The Bertz CT molecular complexity index is 587. The van der Waals surface area contributed by atoms with Crippen molar-refractivity contribution in [3.63, 3.8) is 0 Å². The van der Waals surface area contributed by atoms with Crippen LogP contribution >= 0.6 is 0 Å². The smallest absolute Gasteiger partial charge is 0.202 e.